The summed E-state index contributed by atoms with van der Waals surface area (Å²) in [6.45, 7) is 8.18. The molecular weight excluding hydrogens is 174 g/mol. The summed E-state index contributed by atoms with van der Waals surface area (Å²) < 4.78 is 5.21. The minimum Gasteiger partial charge on any atom is -0.481 e. The van der Waals surface area contributed by atoms with Gasteiger partial charge in [-0.2, -0.15) is 0 Å². The second-order valence-corrected chi connectivity index (χ2v) is 3.60. The van der Waals surface area contributed by atoms with E-state index in [2.05, 4.69) is 31.0 Å². The van der Waals surface area contributed by atoms with Gasteiger partial charge in [0.05, 0.1) is 7.11 Å². The third kappa shape index (κ3) is 2.34. The molecule has 1 rings (SSSR count). The van der Waals surface area contributed by atoms with Crippen LogP contribution in [0.4, 0.5) is 0 Å². The van der Waals surface area contributed by atoms with Gasteiger partial charge in [-0.3, -0.25) is 0 Å². The van der Waals surface area contributed by atoms with Crippen molar-refractivity contribution >= 4 is 5.90 Å². The summed E-state index contributed by atoms with van der Waals surface area (Å²) in [5.74, 6) is 0.700. The van der Waals surface area contributed by atoms with E-state index < -0.39 is 0 Å². The van der Waals surface area contributed by atoms with E-state index in [1.54, 1.807) is 7.11 Å². The van der Waals surface area contributed by atoms with Crippen LogP contribution in [0.15, 0.2) is 39.6 Å². The minimum atomic E-state index is 0.700. The van der Waals surface area contributed by atoms with Gasteiger partial charge in [0.1, 0.15) is 0 Å². The van der Waals surface area contributed by atoms with Gasteiger partial charge in [-0.05, 0) is 44.9 Å². The molecule has 76 valence electrons. The van der Waals surface area contributed by atoms with E-state index in [-0.39, 0.29) is 0 Å². The van der Waals surface area contributed by atoms with Crippen molar-refractivity contribution in [2.24, 2.45) is 4.99 Å². The first-order valence-corrected chi connectivity index (χ1v) is 4.71. The Balaban J connectivity index is 3.22. The molecule has 1 heterocycles. The van der Waals surface area contributed by atoms with Crippen LogP contribution in [0.1, 0.15) is 27.7 Å². The Morgan fingerprint density at radius 1 is 1.00 bits per heavy atom. The van der Waals surface area contributed by atoms with Crippen LogP contribution in [0.5, 0.6) is 0 Å². The monoisotopic (exact) mass is 191 g/mol. The topological polar surface area (TPSA) is 21.6 Å². The number of hydrogen-bond acceptors (Lipinski definition) is 2. The average Bonchev–Trinajstić information content (AvgIpc) is 2.12. The summed E-state index contributed by atoms with van der Waals surface area (Å²) in [7, 11) is 1.65. The van der Waals surface area contributed by atoms with Crippen LogP contribution < -0.4 is 0 Å². The first-order chi connectivity index (χ1) is 6.54. The Bertz CT molecular complexity index is 357. The molecule has 1 aliphatic heterocycles. The highest BCUT2D eigenvalue weighted by Crippen LogP contribution is 2.16. The van der Waals surface area contributed by atoms with Crippen LogP contribution in [0.3, 0.4) is 0 Å². The SMILES string of the molecule is COC1=N/C(C)=C\C(C)=C(C)/C=C\1C. The van der Waals surface area contributed by atoms with Crippen molar-refractivity contribution in [3.05, 3.63) is 34.6 Å². The van der Waals surface area contributed by atoms with Gasteiger partial charge in [0.15, 0.2) is 0 Å². The van der Waals surface area contributed by atoms with Crippen molar-refractivity contribution in [3.8, 4) is 0 Å². The van der Waals surface area contributed by atoms with Crippen LogP contribution in [0, 0.1) is 0 Å². The molecule has 0 atom stereocenters. The fraction of sp³-hybridized carbons (Fsp3) is 0.417. The average molecular weight is 191 g/mol. The Labute approximate surface area is 85.7 Å². The zero-order chi connectivity index (χ0) is 10.7. The van der Waals surface area contributed by atoms with Crippen molar-refractivity contribution in [3.63, 3.8) is 0 Å². The molecule has 0 aliphatic carbocycles. The van der Waals surface area contributed by atoms with E-state index in [1.807, 2.05) is 13.8 Å². The summed E-state index contributed by atoms with van der Waals surface area (Å²) in [4.78, 5) is 4.37. The molecule has 0 N–H and O–H groups in total. The van der Waals surface area contributed by atoms with E-state index in [9.17, 15) is 0 Å². The Hall–Kier alpha value is -1.31. The molecule has 0 aromatic heterocycles. The van der Waals surface area contributed by atoms with Gasteiger partial charge >= 0.3 is 0 Å². The molecule has 0 aromatic carbocycles. The van der Waals surface area contributed by atoms with Crippen LogP contribution in [-0.2, 0) is 4.74 Å². The van der Waals surface area contributed by atoms with Gasteiger partial charge < -0.3 is 4.74 Å². The van der Waals surface area contributed by atoms with Gasteiger partial charge in [-0.1, -0.05) is 6.08 Å². The number of nitrogens with zero attached hydrogens (tertiary/aromatic N) is 1. The molecule has 0 amide bonds. The standard InChI is InChI=1S/C12H17NO/c1-8-6-10(3)12(14-5)13-11(4)7-9(8)2/h6-7H,1-5H3/b8-6?,9-7?,9-8-,10-6-,11-7-,12-10?,13-11?,13-12+. The molecule has 0 saturated heterocycles. The molecule has 2 heteroatoms. The third-order valence-electron chi connectivity index (χ3n) is 2.29. The van der Waals surface area contributed by atoms with Gasteiger partial charge in [-0.15, -0.1) is 0 Å². The first kappa shape index (κ1) is 10.8. The van der Waals surface area contributed by atoms with E-state index in [0.29, 0.717) is 5.90 Å². The van der Waals surface area contributed by atoms with Gasteiger partial charge in [-0.25, -0.2) is 4.99 Å². The molecule has 2 nitrogen and oxygen atoms in total. The number of methoxy groups -OCH3 is 1. The van der Waals surface area contributed by atoms with Crippen LogP contribution in [0.2, 0.25) is 0 Å². The molecule has 0 fully saturated rings. The maximum absolute atomic E-state index is 5.21. The maximum Gasteiger partial charge on any atom is 0.216 e. The lowest BCUT2D eigenvalue weighted by Crippen LogP contribution is -2.05. The van der Waals surface area contributed by atoms with Gasteiger partial charge in [0, 0.05) is 11.3 Å². The van der Waals surface area contributed by atoms with Crippen molar-refractivity contribution in [2.75, 3.05) is 7.11 Å². The predicted molar refractivity (Wildman–Crippen MR) is 60.3 cm³/mol. The second-order valence-electron chi connectivity index (χ2n) is 3.60. The Morgan fingerprint density at radius 3 is 2.14 bits per heavy atom. The Kier molecular flexibility index (Phi) is 3.28. The molecule has 0 unspecified atom stereocenters. The Morgan fingerprint density at radius 2 is 1.57 bits per heavy atom. The fourth-order valence-electron chi connectivity index (χ4n) is 1.41. The molecule has 0 radical (unpaired) electrons. The number of hydrogen-bond donors (Lipinski definition) is 0. The van der Waals surface area contributed by atoms with Crippen molar-refractivity contribution in [1.29, 1.82) is 0 Å². The third-order valence-corrected chi connectivity index (χ3v) is 2.29. The molecular formula is C12H17NO. The van der Waals surface area contributed by atoms with Gasteiger partial charge in [0.2, 0.25) is 5.90 Å². The van der Waals surface area contributed by atoms with Crippen LogP contribution in [-0.4, -0.2) is 13.0 Å². The molecule has 0 saturated carbocycles. The number of ether oxygens (including phenoxy) is 1. The highest BCUT2D eigenvalue weighted by molar-refractivity contribution is 5.94. The number of allylic oxidation sites excluding steroid dienone is 5. The minimum absolute atomic E-state index is 0.700. The summed E-state index contributed by atoms with van der Waals surface area (Å²) in [5.41, 5.74) is 4.55. The second kappa shape index (κ2) is 4.27. The fourth-order valence-corrected chi connectivity index (χ4v) is 1.41. The highest BCUT2D eigenvalue weighted by atomic mass is 16.5. The quantitative estimate of drug-likeness (QED) is 0.576. The lowest BCUT2D eigenvalue weighted by atomic mass is 10.1. The summed E-state index contributed by atoms with van der Waals surface area (Å²) in [6, 6.07) is 0. The van der Waals surface area contributed by atoms with Crippen LogP contribution >= 0.6 is 0 Å². The zero-order valence-corrected chi connectivity index (χ0v) is 9.51. The van der Waals surface area contributed by atoms with Crippen molar-refractivity contribution < 1.29 is 4.74 Å². The normalized spacial score (nSPS) is 34.2. The van der Waals surface area contributed by atoms with Crippen LogP contribution in [0.25, 0.3) is 0 Å². The first-order valence-electron chi connectivity index (χ1n) is 4.71. The number of aliphatic imine (C=N–C) groups is 1. The molecule has 0 spiro atoms. The number of rotatable bonds is 0. The van der Waals surface area contributed by atoms with E-state index in [4.69, 9.17) is 4.74 Å². The summed E-state index contributed by atoms with van der Waals surface area (Å²) in [6.07, 6.45) is 4.16. The zero-order valence-electron chi connectivity index (χ0n) is 9.51. The van der Waals surface area contributed by atoms with Crippen molar-refractivity contribution in [2.45, 2.75) is 27.7 Å². The van der Waals surface area contributed by atoms with E-state index >= 15 is 0 Å². The van der Waals surface area contributed by atoms with E-state index in [1.165, 1.54) is 11.1 Å². The summed E-state index contributed by atoms with van der Waals surface area (Å²) >= 11 is 0. The summed E-state index contributed by atoms with van der Waals surface area (Å²) in [5, 5.41) is 0. The predicted octanol–water partition coefficient (Wildman–Crippen LogP) is 3.23. The largest absolute Gasteiger partial charge is 0.481 e. The van der Waals surface area contributed by atoms with Gasteiger partial charge in [0.25, 0.3) is 0 Å². The molecule has 14 heavy (non-hydrogen) atoms. The molecule has 1 aliphatic rings. The highest BCUT2D eigenvalue weighted by Gasteiger charge is 2.05. The lowest BCUT2D eigenvalue weighted by molar-refractivity contribution is 0.403. The van der Waals surface area contributed by atoms with E-state index in [0.717, 1.165) is 11.3 Å². The smallest absolute Gasteiger partial charge is 0.216 e. The lowest BCUT2D eigenvalue weighted by Gasteiger charge is -2.10. The molecule has 0 bridgehead atoms. The molecule has 0 aromatic rings. The van der Waals surface area contributed by atoms with Crippen molar-refractivity contribution in [1.82, 2.24) is 0 Å². The maximum atomic E-state index is 5.21.